The Morgan fingerprint density at radius 1 is 1.16 bits per heavy atom. The molecule has 1 N–H and O–H groups in total. The third-order valence-corrected chi connectivity index (χ3v) is 7.45. The number of nitrogens with one attached hydrogen (secondary N) is 1. The normalized spacial score (nSPS) is 11.5. The number of thiazole rings is 1. The number of aromatic nitrogens is 1. The summed E-state index contributed by atoms with van der Waals surface area (Å²) in [5.41, 5.74) is 1.55. The Bertz CT molecular complexity index is 1170. The first-order chi connectivity index (χ1) is 14.8. The Morgan fingerprint density at radius 3 is 2.45 bits per heavy atom. The van der Waals surface area contributed by atoms with E-state index in [0.29, 0.717) is 10.8 Å². The number of carbonyl (C=O) groups excluding carboxylic acids is 1. The Kier molecular flexibility index (Phi) is 7.04. The maximum atomic E-state index is 14.3. The van der Waals surface area contributed by atoms with Crippen LogP contribution in [0.4, 0.5) is 9.52 Å². The van der Waals surface area contributed by atoms with Crippen molar-refractivity contribution in [3.63, 3.8) is 0 Å². The number of amides is 1. The van der Waals surface area contributed by atoms with Crippen LogP contribution in [0.5, 0.6) is 5.75 Å². The molecule has 0 radical (unpaired) electrons. The maximum absolute atomic E-state index is 14.3. The summed E-state index contributed by atoms with van der Waals surface area (Å²) in [6.07, 6.45) is 0. The number of methoxy groups -OCH3 is 1. The molecule has 10 heteroatoms. The summed E-state index contributed by atoms with van der Waals surface area (Å²) in [5.74, 6) is -0.759. The molecule has 7 nitrogen and oxygen atoms in total. The average Bonchev–Trinajstić information content (AvgIpc) is 3.23. The molecule has 3 rings (SSSR count). The minimum atomic E-state index is -4.04. The SMILES string of the molecule is CCN(CC)S(=O)(=O)c1cc(C(=O)Nc2nc(-c3ccc(OC)cc3)cs2)ccc1F. The van der Waals surface area contributed by atoms with Gasteiger partial charge in [0, 0.05) is 29.6 Å². The highest BCUT2D eigenvalue weighted by Gasteiger charge is 2.26. The van der Waals surface area contributed by atoms with Crippen molar-refractivity contribution in [1.82, 2.24) is 9.29 Å². The zero-order chi connectivity index (χ0) is 22.6. The Hall–Kier alpha value is -2.82. The summed E-state index contributed by atoms with van der Waals surface area (Å²) in [6, 6.07) is 10.6. The first-order valence-corrected chi connectivity index (χ1v) is 11.8. The van der Waals surface area contributed by atoms with Gasteiger partial charge in [0.1, 0.15) is 16.5 Å². The second-order valence-electron chi connectivity index (χ2n) is 6.46. The van der Waals surface area contributed by atoms with Crippen LogP contribution in [-0.4, -0.2) is 43.8 Å². The smallest absolute Gasteiger partial charge is 0.257 e. The molecule has 0 aliphatic carbocycles. The number of rotatable bonds is 8. The molecule has 0 aliphatic heterocycles. The predicted molar refractivity (Wildman–Crippen MR) is 119 cm³/mol. The predicted octanol–water partition coefficient (Wildman–Crippen LogP) is 4.24. The van der Waals surface area contributed by atoms with E-state index in [9.17, 15) is 17.6 Å². The molecule has 3 aromatic rings. The highest BCUT2D eigenvalue weighted by Crippen LogP contribution is 2.27. The lowest BCUT2D eigenvalue weighted by atomic mass is 10.2. The van der Waals surface area contributed by atoms with Gasteiger partial charge in [-0.05, 0) is 42.5 Å². The topological polar surface area (TPSA) is 88.6 Å². The van der Waals surface area contributed by atoms with Crippen molar-refractivity contribution in [2.24, 2.45) is 0 Å². The van der Waals surface area contributed by atoms with E-state index in [1.54, 1.807) is 26.3 Å². The highest BCUT2D eigenvalue weighted by molar-refractivity contribution is 7.89. The van der Waals surface area contributed by atoms with E-state index in [-0.39, 0.29) is 18.7 Å². The number of hydrogen-bond donors (Lipinski definition) is 1. The van der Waals surface area contributed by atoms with E-state index in [1.807, 2.05) is 24.3 Å². The fourth-order valence-electron chi connectivity index (χ4n) is 2.94. The lowest BCUT2D eigenvalue weighted by Gasteiger charge is -2.19. The maximum Gasteiger partial charge on any atom is 0.257 e. The van der Waals surface area contributed by atoms with E-state index in [2.05, 4.69) is 10.3 Å². The number of halogens is 1. The van der Waals surface area contributed by atoms with E-state index >= 15 is 0 Å². The molecule has 0 aliphatic rings. The zero-order valence-corrected chi connectivity index (χ0v) is 18.9. The van der Waals surface area contributed by atoms with Crippen molar-refractivity contribution in [3.8, 4) is 17.0 Å². The van der Waals surface area contributed by atoms with Crippen LogP contribution in [0.1, 0.15) is 24.2 Å². The number of benzene rings is 2. The molecule has 0 fully saturated rings. The molecular weight excluding hydrogens is 441 g/mol. The fraction of sp³-hybridized carbons (Fsp3) is 0.238. The van der Waals surface area contributed by atoms with E-state index in [4.69, 9.17) is 4.74 Å². The average molecular weight is 464 g/mol. The molecule has 1 heterocycles. The molecule has 2 aromatic carbocycles. The van der Waals surface area contributed by atoms with Gasteiger partial charge >= 0.3 is 0 Å². The molecule has 0 saturated carbocycles. The third kappa shape index (κ3) is 4.92. The van der Waals surface area contributed by atoms with Crippen molar-refractivity contribution in [2.45, 2.75) is 18.7 Å². The van der Waals surface area contributed by atoms with Gasteiger partial charge in [-0.1, -0.05) is 13.8 Å². The number of hydrogen-bond acceptors (Lipinski definition) is 6. The van der Waals surface area contributed by atoms with Crippen molar-refractivity contribution in [3.05, 3.63) is 59.2 Å². The number of nitrogens with zero attached hydrogens (tertiary/aromatic N) is 2. The van der Waals surface area contributed by atoms with Crippen LogP contribution in [0, 0.1) is 5.82 Å². The second-order valence-corrected chi connectivity index (χ2v) is 9.22. The Morgan fingerprint density at radius 2 is 1.84 bits per heavy atom. The highest BCUT2D eigenvalue weighted by atomic mass is 32.2. The Balaban J connectivity index is 1.82. The summed E-state index contributed by atoms with van der Waals surface area (Å²) in [7, 11) is -2.46. The summed E-state index contributed by atoms with van der Waals surface area (Å²) in [5, 5.41) is 4.77. The van der Waals surface area contributed by atoms with Crippen LogP contribution >= 0.6 is 11.3 Å². The van der Waals surface area contributed by atoms with Gasteiger partial charge in [-0.25, -0.2) is 17.8 Å². The largest absolute Gasteiger partial charge is 0.497 e. The standard InChI is InChI=1S/C21H22FN3O4S2/c1-4-25(5-2)31(27,28)19-12-15(8-11-17(19)22)20(26)24-21-23-18(13-30-21)14-6-9-16(29-3)10-7-14/h6-13H,4-5H2,1-3H3,(H,23,24,26). The number of ether oxygens (including phenoxy) is 1. The lowest BCUT2D eigenvalue weighted by molar-refractivity contribution is 0.102. The Labute approximate surface area is 184 Å². The van der Waals surface area contributed by atoms with Crippen LogP contribution in [-0.2, 0) is 10.0 Å². The van der Waals surface area contributed by atoms with E-state index < -0.39 is 26.6 Å². The van der Waals surface area contributed by atoms with Crippen molar-refractivity contribution in [2.75, 3.05) is 25.5 Å². The molecule has 0 spiro atoms. The first kappa shape index (κ1) is 22.9. The molecule has 0 unspecified atom stereocenters. The summed E-state index contributed by atoms with van der Waals surface area (Å²) in [6.45, 7) is 3.72. The minimum absolute atomic E-state index is 0.0216. The summed E-state index contributed by atoms with van der Waals surface area (Å²) < 4.78 is 45.9. The van der Waals surface area contributed by atoms with Crippen LogP contribution in [0.2, 0.25) is 0 Å². The number of carbonyl (C=O) groups is 1. The molecule has 31 heavy (non-hydrogen) atoms. The monoisotopic (exact) mass is 463 g/mol. The second kappa shape index (κ2) is 9.54. The molecule has 0 saturated heterocycles. The number of anilines is 1. The quantitative estimate of drug-likeness (QED) is 0.540. The van der Waals surface area contributed by atoms with E-state index in [0.717, 1.165) is 27.8 Å². The summed E-state index contributed by atoms with van der Waals surface area (Å²) in [4.78, 5) is 16.5. The molecule has 1 aromatic heterocycles. The molecule has 0 bridgehead atoms. The fourth-order valence-corrected chi connectivity index (χ4v) is 5.20. The van der Waals surface area contributed by atoms with Crippen molar-refractivity contribution in [1.29, 1.82) is 0 Å². The van der Waals surface area contributed by atoms with Crippen molar-refractivity contribution >= 4 is 32.4 Å². The third-order valence-electron chi connectivity index (χ3n) is 4.63. The van der Waals surface area contributed by atoms with Crippen LogP contribution in [0.25, 0.3) is 11.3 Å². The van der Waals surface area contributed by atoms with Crippen molar-refractivity contribution < 1.29 is 22.3 Å². The van der Waals surface area contributed by atoms with Crippen LogP contribution in [0.15, 0.2) is 52.7 Å². The summed E-state index contributed by atoms with van der Waals surface area (Å²) >= 11 is 1.23. The van der Waals surface area contributed by atoms with Gasteiger partial charge in [-0.15, -0.1) is 11.3 Å². The van der Waals surface area contributed by atoms with Gasteiger partial charge in [0.2, 0.25) is 10.0 Å². The van der Waals surface area contributed by atoms with Crippen LogP contribution in [0.3, 0.4) is 0 Å². The first-order valence-electron chi connectivity index (χ1n) is 9.51. The minimum Gasteiger partial charge on any atom is -0.497 e. The van der Waals surface area contributed by atoms with Gasteiger partial charge < -0.3 is 4.74 Å². The molecule has 1 amide bonds. The molecule has 0 atom stereocenters. The van der Waals surface area contributed by atoms with Gasteiger partial charge in [-0.2, -0.15) is 4.31 Å². The van der Waals surface area contributed by atoms with Crippen LogP contribution < -0.4 is 10.1 Å². The van der Waals surface area contributed by atoms with E-state index in [1.165, 1.54) is 17.4 Å². The van der Waals surface area contributed by atoms with Gasteiger partial charge in [-0.3, -0.25) is 10.1 Å². The number of sulfonamides is 1. The molecule has 164 valence electrons. The lowest BCUT2D eigenvalue weighted by Crippen LogP contribution is -2.31. The zero-order valence-electron chi connectivity index (χ0n) is 17.3. The van der Waals surface area contributed by atoms with Gasteiger partial charge in [0.25, 0.3) is 5.91 Å². The van der Waals surface area contributed by atoms with Gasteiger partial charge in [0.15, 0.2) is 5.13 Å². The van der Waals surface area contributed by atoms with Gasteiger partial charge in [0.05, 0.1) is 12.8 Å². The molecular formula is C21H22FN3O4S2.